The molecule has 2 aromatic heterocycles. The van der Waals surface area contributed by atoms with Gasteiger partial charge in [-0.2, -0.15) is 0 Å². The zero-order valence-electron chi connectivity index (χ0n) is 9.47. The third-order valence-corrected chi connectivity index (χ3v) is 5.72. The van der Waals surface area contributed by atoms with Crippen LogP contribution in [0.15, 0.2) is 20.3 Å². The maximum atomic E-state index is 11.9. The molecule has 0 aliphatic heterocycles. The molecule has 2 heterocycles. The Bertz CT molecular complexity index is 540. The van der Waals surface area contributed by atoms with Gasteiger partial charge in [0.05, 0.1) is 4.88 Å². The van der Waals surface area contributed by atoms with E-state index in [-0.39, 0.29) is 5.91 Å². The summed E-state index contributed by atoms with van der Waals surface area (Å²) < 4.78 is 1.80. The van der Waals surface area contributed by atoms with Gasteiger partial charge in [-0.15, -0.1) is 21.5 Å². The first-order chi connectivity index (χ1) is 8.69. The van der Waals surface area contributed by atoms with E-state index in [1.54, 1.807) is 17.8 Å². The largest absolute Gasteiger partial charge is 0.296 e. The first-order valence-corrected chi connectivity index (χ1v) is 8.68. The van der Waals surface area contributed by atoms with Gasteiger partial charge in [0.2, 0.25) is 5.13 Å². The summed E-state index contributed by atoms with van der Waals surface area (Å²) in [7, 11) is 0. The second-order valence-corrected chi connectivity index (χ2v) is 7.45. The van der Waals surface area contributed by atoms with Gasteiger partial charge in [0.25, 0.3) is 5.91 Å². The van der Waals surface area contributed by atoms with E-state index < -0.39 is 0 Å². The molecule has 0 aliphatic carbocycles. The number of anilines is 1. The van der Waals surface area contributed by atoms with Crippen molar-refractivity contribution < 1.29 is 4.79 Å². The molecule has 0 fully saturated rings. The maximum absolute atomic E-state index is 11.9. The first kappa shape index (κ1) is 14.0. The lowest BCUT2D eigenvalue weighted by atomic mass is 10.4. The van der Waals surface area contributed by atoms with Crippen molar-refractivity contribution in [3.63, 3.8) is 0 Å². The van der Waals surface area contributed by atoms with Crippen LogP contribution in [0.4, 0.5) is 5.13 Å². The van der Waals surface area contributed by atoms with Crippen LogP contribution in [0.1, 0.15) is 23.0 Å². The molecule has 0 aliphatic rings. The predicted octanol–water partition coefficient (Wildman–Crippen LogP) is 4.12. The van der Waals surface area contributed by atoms with E-state index in [1.807, 2.05) is 5.38 Å². The first-order valence-electron chi connectivity index (χ1n) is 5.20. The van der Waals surface area contributed by atoms with Crippen LogP contribution in [0.5, 0.6) is 0 Å². The molecule has 0 bridgehead atoms. The molecule has 96 valence electrons. The highest BCUT2D eigenvalue weighted by molar-refractivity contribution is 9.10. The minimum absolute atomic E-state index is 0.145. The van der Waals surface area contributed by atoms with Crippen molar-refractivity contribution in [1.82, 2.24) is 10.2 Å². The minimum Gasteiger partial charge on any atom is -0.296 e. The Kier molecular flexibility index (Phi) is 5.16. The van der Waals surface area contributed by atoms with Gasteiger partial charge < -0.3 is 0 Å². The highest BCUT2D eigenvalue weighted by Gasteiger charge is 2.12. The lowest BCUT2D eigenvalue weighted by molar-refractivity contribution is 0.103. The lowest BCUT2D eigenvalue weighted by Crippen LogP contribution is -2.09. The number of thioether (sulfide) groups is 1. The summed E-state index contributed by atoms with van der Waals surface area (Å²) in [5.41, 5.74) is 0. The number of nitrogens with one attached hydrogen (secondary N) is 1. The predicted molar refractivity (Wildman–Crippen MR) is 80.9 cm³/mol. The lowest BCUT2D eigenvalue weighted by Gasteiger charge is -1.96. The number of aromatic nitrogens is 2. The standard InChI is InChI=1S/C10H10BrN3OS3/c1-2-3-16-10-14-13-9(18-10)12-8(15)7-4-6(11)5-17-7/h4-5H,2-3H2,1H3,(H,12,13,15). The Hall–Kier alpha value is -0.440. The molecule has 8 heteroatoms. The Morgan fingerprint density at radius 3 is 3.06 bits per heavy atom. The van der Waals surface area contributed by atoms with Crippen LogP contribution in [0.2, 0.25) is 0 Å². The molecule has 0 unspecified atom stereocenters. The molecule has 2 aromatic rings. The van der Waals surface area contributed by atoms with E-state index in [2.05, 4.69) is 38.4 Å². The third-order valence-electron chi connectivity index (χ3n) is 1.85. The smallest absolute Gasteiger partial charge is 0.267 e. The van der Waals surface area contributed by atoms with Gasteiger partial charge in [-0.05, 0) is 28.4 Å². The van der Waals surface area contributed by atoms with E-state index in [4.69, 9.17) is 0 Å². The SMILES string of the molecule is CCCSc1nnc(NC(=O)c2cc(Br)cs2)s1. The van der Waals surface area contributed by atoms with Crippen molar-refractivity contribution in [3.8, 4) is 0 Å². The average molecular weight is 364 g/mol. The van der Waals surface area contributed by atoms with Crippen LogP contribution in [0, 0.1) is 0 Å². The highest BCUT2D eigenvalue weighted by atomic mass is 79.9. The zero-order chi connectivity index (χ0) is 13.0. The Morgan fingerprint density at radius 1 is 1.56 bits per heavy atom. The summed E-state index contributed by atoms with van der Waals surface area (Å²) in [6.45, 7) is 2.12. The summed E-state index contributed by atoms with van der Waals surface area (Å²) in [6.07, 6.45) is 1.09. The summed E-state index contributed by atoms with van der Waals surface area (Å²) >= 11 is 7.77. The maximum Gasteiger partial charge on any atom is 0.267 e. The molecular weight excluding hydrogens is 354 g/mol. The monoisotopic (exact) mass is 363 g/mol. The quantitative estimate of drug-likeness (QED) is 0.641. The summed E-state index contributed by atoms with van der Waals surface area (Å²) in [4.78, 5) is 12.5. The third kappa shape index (κ3) is 3.78. The normalized spacial score (nSPS) is 10.6. The molecular formula is C10H10BrN3OS3. The summed E-state index contributed by atoms with van der Waals surface area (Å²) in [5.74, 6) is 0.870. The number of halogens is 1. The fourth-order valence-corrected chi connectivity index (χ4v) is 4.09. The molecule has 0 aromatic carbocycles. The van der Waals surface area contributed by atoms with E-state index in [0.29, 0.717) is 10.0 Å². The van der Waals surface area contributed by atoms with E-state index in [0.717, 1.165) is 21.0 Å². The molecule has 18 heavy (non-hydrogen) atoms. The van der Waals surface area contributed by atoms with Crippen molar-refractivity contribution >= 4 is 61.4 Å². The van der Waals surface area contributed by atoms with E-state index in [1.165, 1.54) is 22.7 Å². The number of hydrogen-bond donors (Lipinski definition) is 1. The van der Waals surface area contributed by atoms with Crippen molar-refractivity contribution in [2.45, 2.75) is 17.7 Å². The van der Waals surface area contributed by atoms with Crippen molar-refractivity contribution in [1.29, 1.82) is 0 Å². The number of rotatable bonds is 5. The molecule has 0 radical (unpaired) electrons. The topological polar surface area (TPSA) is 54.9 Å². The zero-order valence-corrected chi connectivity index (χ0v) is 13.5. The van der Waals surface area contributed by atoms with Crippen LogP contribution >= 0.6 is 50.4 Å². The number of carbonyl (C=O) groups excluding carboxylic acids is 1. The molecule has 0 atom stereocenters. The number of carbonyl (C=O) groups is 1. The van der Waals surface area contributed by atoms with Gasteiger partial charge in [0.15, 0.2) is 4.34 Å². The van der Waals surface area contributed by atoms with Crippen LogP contribution in [-0.4, -0.2) is 21.9 Å². The van der Waals surface area contributed by atoms with E-state index in [9.17, 15) is 4.79 Å². The number of amides is 1. The summed E-state index contributed by atoms with van der Waals surface area (Å²) in [6, 6.07) is 1.79. The van der Waals surface area contributed by atoms with Gasteiger partial charge >= 0.3 is 0 Å². The second-order valence-electron chi connectivity index (χ2n) is 3.30. The number of nitrogens with zero attached hydrogens (tertiary/aromatic N) is 2. The van der Waals surface area contributed by atoms with Crippen LogP contribution in [-0.2, 0) is 0 Å². The van der Waals surface area contributed by atoms with Gasteiger partial charge in [0, 0.05) is 15.6 Å². The Morgan fingerprint density at radius 2 is 2.39 bits per heavy atom. The number of thiophene rings is 1. The second kappa shape index (κ2) is 6.65. The Labute approximate surface area is 125 Å². The molecule has 0 spiro atoms. The number of hydrogen-bond acceptors (Lipinski definition) is 6. The van der Waals surface area contributed by atoms with Crippen molar-refractivity contribution in [2.75, 3.05) is 11.1 Å². The molecule has 2 rings (SSSR count). The van der Waals surface area contributed by atoms with Gasteiger partial charge in [-0.1, -0.05) is 30.0 Å². The molecule has 0 saturated carbocycles. The van der Waals surface area contributed by atoms with Crippen LogP contribution in [0.25, 0.3) is 0 Å². The van der Waals surface area contributed by atoms with Crippen LogP contribution in [0.3, 0.4) is 0 Å². The fourth-order valence-electron chi connectivity index (χ4n) is 1.10. The Balaban J connectivity index is 1.97. The molecule has 1 amide bonds. The van der Waals surface area contributed by atoms with Crippen molar-refractivity contribution in [3.05, 3.63) is 20.8 Å². The molecule has 0 saturated heterocycles. The van der Waals surface area contributed by atoms with Crippen molar-refractivity contribution in [2.24, 2.45) is 0 Å². The highest BCUT2D eigenvalue weighted by Crippen LogP contribution is 2.27. The van der Waals surface area contributed by atoms with Gasteiger partial charge in [0.1, 0.15) is 0 Å². The molecule has 1 N–H and O–H groups in total. The average Bonchev–Trinajstić information content (AvgIpc) is 2.96. The molecule has 4 nitrogen and oxygen atoms in total. The summed E-state index contributed by atoms with van der Waals surface area (Å²) in [5, 5.41) is 13.1. The minimum atomic E-state index is -0.145. The van der Waals surface area contributed by atoms with E-state index >= 15 is 0 Å². The fraction of sp³-hybridized carbons (Fsp3) is 0.300. The van der Waals surface area contributed by atoms with Gasteiger partial charge in [-0.3, -0.25) is 10.1 Å². The van der Waals surface area contributed by atoms with Gasteiger partial charge in [-0.25, -0.2) is 0 Å². The van der Waals surface area contributed by atoms with Crippen LogP contribution < -0.4 is 5.32 Å².